The summed E-state index contributed by atoms with van der Waals surface area (Å²) in [6, 6.07) is 0. The number of rotatable bonds is 4. The van der Waals surface area contributed by atoms with Crippen LogP contribution in [0.2, 0.25) is 0 Å². The number of aryl methyl sites for hydroxylation is 2. The molecule has 68 valence electrons. The van der Waals surface area contributed by atoms with Crippen LogP contribution in [-0.2, 0) is 6.42 Å². The van der Waals surface area contributed by atoms with Gasteiger partial charge in [0.1, 0.15) is 0 Å². The Bertz CT molecular complexity index is 284. The normalized spacial score (nSPS) is 9.54. The molecule has 0 aliphatic carbocycles. The lowest BCUT2D eigenvalue weighted by atomic mass is 10.2. The molecule has 0 aliphatic heterocycles. The summed E-state index contributed by atoms with van der Waals surface area (Å²) in [5.41, 5.74) is 0.854. The van der Waals surface area contributed by atoms with Crippen LogP contribution in [0.5, 0.6) is 0 Å². The topological polar surface area (TPSA) is 38.7 Å². The molecular formula is C10H13N3. The molecule has 0 N–H and O–H groups in total. The molecule has 0 saturated heterocycles. The molecule has 1 aromatic heterocycles. The minimum absolute atomic E-state index is 0.808. The molecule has 0 aromatic carbocycles. The maximum Gasteiger partial charge on any atom is 0.150 e. The van der Waals surface area contributed by atoms with E-state index in [9.17, 15) is 0 Å². The first-order valence-corrected chi connectivity index (χ1v) is 4.41. The fraction of sp³-hybridized carbons (Fsp3) is 0.500. The van der Waals surface area contributed by atoms with E-state index in [0.717, 1.165) is 37.2 Å². The average Bonchev–Trinajstić information content (AvgIpc) is 2.15. The number of unbranched alkanes of at least 4 members (excludes halogenated alkanes) is 2. The van der Waals surface area contributed by atoms with Gasteiger partial charge in [0.15, 0.2) is 5.82 Å². The van der Waals surface area contributed by atoms with E-state index in [1.165, 1.54) is 0 Å². The fourth-order valence-electron chi connectivity index (χ4n) is 0.981. The van der Waals surface area contributed by atoms with E-state index in [4.69, 9.17) is 6.42 Å². The van der Waals surface area contributed by atoms with Gasteiger partial charge in [-0.05, 0) is 19.8 Å². The SMILES string of the molecule is C#CCCCCc1ncc(C)nn1. The van der Waals surface area contributed by atoms with Gasteiger partial charge in [0.25, 0.3) is 0 Å². The van der Waals surface area contributed by atoms with Gasteiger partial charge in [-0.15, -0.1) is 17.4 Å². The zero-order valence-electron chi connectivity index (χ0n) is 7.82. The summed E-state index contributed by atoms with van der Waals surface area (Å²) in [5, 5.41) is 7.89. The molecule has 1 aromatic rings. The van der Waals surface area contributed by atoms with Gasteiger partial charge >= 0.3 is 0 Å². The van der Waals surface area contributed by atoms with Gasteiger partial charge in [0.05, 0.1) is 11.9 Å². The maximum absolute atomic E-state index is 5.13. The first-order valence-electron chi connectivity index (χ1n) is 4.41. The van der Waals surface area contributed by atoms with Crippen molar-refractivity contribution < 1.29 is 0 Å². The van der Waals surface area contributed by atoms with Crippen molar-refractivity contribution in [3.63, 3.8) is 0 Å². The van der Waals surface area contributed by atoms with Crippen LogP contribution in [0.4, 0.5) is 0 Å². The Morgan fingerprint density at radius 3 is 2.85 bits per heavy atom. The van der Waals surface area contributed by atoms with Crippen molar-refractivity contribution in [1.29, 1.82) is 0 Å². The molecular weight excluding hydrogens is 162 g/mol. The molecule has 0 bridgehead atoms. The minimum atomic E-state index is 0.808. The number of nitrogens with zero attached hydrogens (tertiary/aromatic N) is 3. The number of hydrogen-bond donors (Lipinski definition) is 0. The molecule has 0 radical (unpaired) electrons. The highest BCUT2D eigenvalue weighted by molar-refractivity contribution is 4.91. The summed E-state index contributed by atoms with van der Waals surface area (Å²) < 4.78 is 0. The fourth-order valence-corrected chi connectivity index (χ4v) is 0.981. The van der Waals surface area contributed by atoms with Gasteiger partial charge in [0.2, 0.25) is 0 Å². The van der Waals surface area contributed by atoms with Gasteiger partial charge in [-0.2, -0.15) is 5.10 Å². The molecule has 0 unspecified atom stereocenters. The third-order valence-electron chi connectivity index (χ3n) is 1.70. The Labute approximate surface area is 78.6 Å². The molecule has 1 heterocycles. The highest BCUT2D eigenvalue weighted by atomic mass is 15.1. The highest BCUT2D eigenvalue weighted by Crippen LogP contribution is 2.00. The summed E-state index contributed by atoms with van der Waals surface area (Å²) in [5.74, 6) is 3.41. The van der Waals surface area contributed by atoms with Gasteiger partial charge in [-0.25, -0.2) is 4.98 Å². The van der Waals surface area contributed by atoms with E-state index >= 15 is 0 Å². The zero-order chi connectivity index (χ0) is 9.52. The van der Waals surface area contributed by atoms with Crippen LogP contribution < -0.4 is 0 Å². The first-order chi connectivity index (χ1) is 6.33. The van der Waals surface area contributed by atoms with Crippen LogP contribution in [0.15, 0.2) is 6.20 Å². The quantitative estimate of drug-likeness (QED) is 0.514. The Kier molecular flexibility index (Phi) is 3.90. The van der Waals surface area contributed by atoms with Crippen molar-refractivity contribution in [1.82, 2.24) is 15.2 Å². The Morgan fingerprint density at radius 1 is 1.38 bits per heavy atom. The number of aromatic nitrogens is 3. The summed E-state index contributed by atoms with van der Waals surface area (Å²) in [4.78, 5) is 4.15. The second-order valence-corrected chi connectivity index (χ2v) is 2.93. The second-order valence-electron chi connectivity index (χ2n) is 2.93. The van der Waals surface area contributed by atoms with Crippen LogP contribution in [0.25, 0.3) is 0 Å². The molecule has 0 aliphatic rings. The van der Waals surface area contributed by atoms with Crippen molar-refractivity contribution in [2.24, 2.45) is 0 Å². The highest BCUT2D eigenvalue weighted by Gasteiger charge is 1.96. The average molecular weight is 175 g/mol. The van der Waals surface area contributed by atoms with Gasteiger partial charge in [-0.3, -0.25) is 0 Å². The lowest BCUT2D eigenvalue weighted by molar-refractivity contribution is 0.702. The molecule has 1 rings (SSSR count). The van der Waals surface area contributed by atoms with E-state index in [1.807, 2.05) is 6.92 Å². The van der Waals surface area contributed by atoms with Gasteiger partial charge in [0, 0.05) is 12.8 Å². The third-order valence-corrected chi connectivity index (χ3v) is 1.70. The Hall–Kier alpha value is -1.43. The van der Waals surface area contributed by atoms with Gasteiger partial charge < -0.3 is 0 Å². The van der Waals surface area contributed by atoms with Crippen LogP contribution in [0.1, 0.15) is 30.8 Å². The van der Waals surface area contributed by atoms with Crippen molar-refractivity contribution in [2.75, 3.05) is 0 Å². The van der Waals surface area contributed by atoms with Crippen LogP contribution in [0.3, 0.4) is 0 Å². The van der Waals surface area contributed by atoms with Crippen LogP contribution in [0, 0.1) is 19.3 Å². The van der Waals surface area contributed by atoms with Crippen molar-refractivity contribution in [3.05, 3.63) is 17.7 Å². The minimum Gasteiger partial charge on any atom is -0.238 e. The number of terminal acetylenes is 1. The standard InChI is InChI=1S/C10H13N3/c1-3-4-5-6-7-10-11-8-9(2)12-13-10/h1,8H,4-7H2,2H3. The monoisotopic (exact) mass is 175 g/mol. The first kappa shape index (κ1) is 9.66. The van der Waals surface area contributed by atoms with E-state index in [-0.39, 0.29) is 0 Å². The second kappa shape index (κ2) is 5.26. The molecule has 0 saturated carbocycles. The molecule has 0 fully saturated rings. The van der Waals surface area contributed by atoms with E-state index in [1.54, 1.807) is 6.20 Å². The smallest absolute Gasteiger partial charge is 0.150 e. The van der Waals surface area contributed by atoms with E-state index in [0.29, 0.717) is 0 Å². The predicted octanol–water partition coefficient (Wildman–Crippen LogP) is 1.53. The number of hydrogen-bond acceptors (Lipinski definition) is 3. The van der Waals surface area contributed by atoms with Gasteiger partial charge in [-0.1, -0.05) is 0 Å². The van der Waals surface area contributed by atoms with Crippen molar-refractivity contribution in [2.45, 2.75) is 32.6 Å². The summed E-state index contributed by atoms with van der Waals surface area (Å²) in [6.07, 6.45) is 10.6. The molecule has 3 nitrogen and oxygen atoms in total. The van der Waals surface area contributed by atoms with Crippen molar-refractivity contribution in [3.8, 4) is 12.3 Å². The largest absolute Gasteiger partial charge is 0.238 e. The van der Waals surface area contributed by atoms with Crippen molar-refractivity contribution >= 4 is 0 Å². The van der Waals surface area contributed by atoms with Crippen LogP contribution in [-0.4, -0.2) is 15.2 Å². The van der Waals surface area contributed by atoms with E-state index < -0.39 is 0 Å². The summed E-state index contributed by atoms with van der Waals surface area (Å²) in [7, 11) is 0. The lowest BCUT2D eigenvalue weighted by Gasteiger charge is -1.97. The lowest BCUT2D eigenvalue weighted by Crippen LogP contribution is -1.98. The molecule has 0 amide bonds. The summed E-state index contributed by atoms with van der Waals surface area (Å²) in [6.45, 7) is 1.88. The third kappa shape index (κ3) is 3.66. The zero-order valence-corrected chi connectivity index (χ0v) is 7.82. The van der Waals surface area contributed by atoms with E-state index in [2.05, 4.69) is 21.1 Å². The molecule has 0 spiro atoms. The Balaban J connectivity index is 2.30. The van der Waals surface area contributed by atoms with Crippen LogP contribution >= 0.6 is 0 Å². The molecule has 3 heteroatoms. The Morgan fingerprint density at radius 2 is 2.23 bits per heavy atom. The molecule has 0 atom stereocenters. The molecule has 13 heavy (non-hydrogen) atoms. The predicted molar refractivity (Wildman–Crippen MR) is 51.0 cm³/mol. The maximum atomic E-state index is 5.13. The summed E-state index contributed by atoms with van der Waals surface area (Å²) >= 11 is 0.